The van der Waals surface area contributed by atoms with Crippen LogP contribution in [0.1, 0.15) is 22.9 Å². The zero-order chi connectivity index (χ0) is 18.6. The minimum Gasteiger partial charge on any atom is -0.612 e. The topological polar surface area (TPSA) is 186 Å². The van der Waals surface area contributed by atoms with Crippen LogP contribution >= 0.6 is 0 Å². The number of nitrogens with one attached hydrogen (secondary N) is 2. The van der Waals surface area contributed by atoms with Gasteiger partial charge in [-0.1, -0.05) is 9.79 Å². The molecule has 12 nitrogen and oxygen atoms in total. The van der Waals surface area contributed by atoms with E-state index in [1.807, 2.05) is 0 Å². The number of H-pyrrole nitrogens is 2. The first-order valence-corrected chi connectivity index (χ1v) is 7.27. The number of nitrogens with two attached hydrogens (primary N) is 1. The molecule has 0 fully saturated rings. The summed E-state index contributed by atoms with van der Waals surface area (Å²) in [5.41, 5.74) is 5.60. The average molecular weight is 358 g/mol. The molecular formula is C14H10N6O6. The molecule has 12 heteroatoms. The highest BCUT2D eigenvalue weighted by molar-refractivity contribution is 6.06. The lowest BCUT2D eigenvalue weighted by atomic mass is 9.86. The van der Waals surface area contributed by atoms with Gasteiger partial charge in [0.1, 0.15) is 0 Å². The van der Waals surface area contributed by atoms with Gasteiger partial charge in [0.2, 0.25) is 0 Å². The van der Waals surface area contributed by atoms with Gasteiger partial charge < -0.3 is 21.1 Å². The summed E-state index contributed by atoms with van der Waals surface area (Å²) in [6, 6.07) is 4.94. The van der Waals surface area contributed by atoms with Crippen LogP contribution < -0.4 is 10.3 Å². The van der Waals surface area contributed by atoms with Gasteiger partial charge in [0.15, 0.2) is 10.5 Å². The van der Waals surface area contributed by atoms with Crippen molar-refractivity contribution >= 4 is 22.3 Å². The first kappa shape index (κ1) is 15.4. The summed E-state index contributed by atoms with van der Waals surface area (Å²) in [5, 5.41) is 36.8. The van der Waals surface area contributed by atoms with Crippen molar-refractivity contribution < 1.29 is 19.1 Å². The number of allylic oxidation sites excluding steroid dienone is 2. The molecular weight excluding hydrogens is 348 g/mol. The molecule has 2 aromatic heterocycles. The lowest BCUT2D eigenvalue weighted by Gasteiger charge is -2.14. The Morgan fingerprint density at radius 1 is 1.27 bits per heavy atom. The van der Waals surface area contributed by atoms with E-state index in [-0.39, 0.29) is 16.0 Å². The Kier molecular flexibility index (Phi) is 3.09. The summed E-state index contributed by atoms with van der Waals surface area (Å²) in [6.45, 7) is 0. The third kappa shape index (κ3) is 2.05. The molecule has 4 N–H and O–H groups in total. The Balaban J connectivity index is 2.08. The van der Waals surface area contributed by atoms with Crippen molar-refractivity contribution in [2.24, 2.45) is 0 Å². The highest BCUT2D eigenvalue weighted by Crippen LogP contribution is 2.39. The Hall–Kier alpha value is -4.09. The molecule has 1 aliphatic rings. The van der Waals surface area contributed by atoms with E-state index in [1.165, 1.54) is 6.20 Å². The van der Waals surface area contributed by atoms with Crippen molar-refractivity contribution in [1.82, 2.24) is 10.1 Å². The largest absolute Gasteiger partial charge is 0.612 e. The molecule has 26 heavy (non-hydrogen) atoms. The molecule has 4 rings (SSSR count). The van der Waals surface area contributed by atoms with Crippen LogP contribution in [-0.4, -0.2) is 25.7 Å². The molecule has 0 saturated heterocycles. The summed E-state index contributed by atoms with van der Waals surface area (Å²) in [4.78, 5) is 25.1. The molecule has 132 valence electrons. The number of fused-ring (bicyclic) bond motifs is 2. The predicted octanol–water partition coefficient (Wildman–Crippen LogP) is 0.689. The zero-order valence-corrected chi connectivity index (χ0v) is 12.8. The van der Waals surface area contributed by atoms with Crippen LogP contribution in [0, 0.1) is 25.4 Å². The van der Waals surface area contributed by atoms with Crippen LogP contribution in [0.15, 0.2) is 40.8 Å². The van der Waals surface area contributed by atoms with E-state index in [1.54, 1.807) is 18.2 Å². The molecule has 0 amide bonds. The number of benzene rings is 1. The molecule has 3 aromatic rings. The maximum absolute atomic E-state index is 12.1. The summed E-state index contributed by atoms with van der Waals surface area (Å²) < 4.78 is 4.62. The number of nitrogen functional groups attached to an aromatic ring is 1. The lowest BCUT2D eigenvalue weighted by Crippen LogP contribution is -2.30. The number of hydrogen-bond donors (Lipinski definition) is 3. The first-order valence-electron chi connectivity index (χ1n) is 7.27. The average Bonchev–Trinajstić information content (AvgIpc) is 3.17. The van der Waals surface area contributed by atoms with Gasteiger partial charge in [0.25, 0.3) is 22.8 Å². The van der Waals surface area contributed by atoms with E-state index in [4.69, 9.17) is 5.73 Å². The van der Waals surface area contributed by atoms with E-state index >= 15 is 0 Å². The van der Waals surface area contributed by atoms with Gasteiger partial charge in [0.05, 0.1) is 11.0 Å². The Morgan fingerprint density at radius 3 is 2.73 bits per heavy atom. The second kappa shape index (κ2) is 5.20. The number of hydrogen-bond acceptors (Lipinski definition) is 7. The quantitative estimate of drug-likeness (QED) is 0.260. The van der Waals surface area contributed by atoms with Gasteiger partial charge in [-0.05, 0) is 28.7 Å². The molecule has 1 aliphatic carbocycles. The van der Waals surface area contributed by atoms with Crippen molar-refractivity contribution in [2.45, 2.75) is 5.92 Å². The fourth-order valence-electron chi connectivity index (χ4n) is 3.16. The molecule has 0 bridgehead atoms. The molecule has 1 aromatic carbocycles. The Morgan fingerprint density at radius 2 is 2.04 bits per heavy atom. The summed E-state index contributed by atoms with van der Waals surface area (Å²) in [7, 11) is 0. The lowest BCUT2D eigenvalue weighted by molar-refractivity contribution is -0.720. The van der Waals surface area contributed by atoms with Crippen LogP contribution in [0.2, 0.25) is 0 Å². The van der Waals surface area contributed by atoms with E-state index in [0.29, 0.717) is 22.2 Å². The van der Waals surface area contributed by atoms with Crippen molar-refractivity contribution in [2.75, 3.05) is 5.73 Å². The molecule has 1 atom stereocenters. The van der Waals surface area contributed by atoms with E-state index in [9.17, 15) is 25.4 Å². The minimum absolute atomic E-state index is 0.00509. The fourth-order valence-corrected chi connectivity index (χ4v) is 3.16. The highest BCUT2D eigenvalue weighted by atomic mass is 16.8. The molecule has 0 saturated carbocycles. The van der Waals surface area contributed by atoms with Crippen molar-refractivity contribution in [3.63, 3.8) is 0 Å². The molecule has 0 spiro atoms. The maximum Gasteiger partial charge on any atom is 0.289 e. The number of nitrogens with zero attached hydrogens (tertiary/aromatic N) is 3. The number of rotatable bonds is 2. The molecule has 2 heterocycles. The van der Waals surface area contributed by atoms with Crippen molar-refractivity contribution in [3.8, 4) is 0 Å². The van der Waals surface area contributed by atoms with E-state index in [2.05, 4.69) is 14.8 Å². The van der Waals surface area contributed by atoms with Gasteiger partial charge in [-0.15, -0.1) is 0 Å². The van der Waals surface area contributed by atoms with Crippen LogP contribution in [0.5, 0.6) is 0 Å². The summed E-state index contributed by atoms with van der Waals surface area (Å²) in [5.74, 6) is -1.19. The number of anilines is 1. The number of aromatic amines is 2. The van der Waals surface area contributed by atoms with Gasteiger partial charge in [-0.2, -0.15) is 4.90 Å². The van der Waals surface area contributed by atoms with Crippen molar-refractivity contribution in [1.29, 1.82) is 0 Å². The second-order valence-corrected chi connectivity index (χ2v) is 5.66. The maximum atomic E-state index is 12.1. The first-order chi connectivity index (χ1) is 12.4. The Labute approximate surface area is 142 Å². The third-order valence-electron chi connectivity index (χ3n) is 4.25. The SMILES string of the molecule is Nc1ccc2[nH]cc(C3C([N+](=O)[O-])=CC(=[N+]([O-])[O-])c4[nH]o[n+](=O)c43)c2c1. The normalized spacial score (nSPS) is 16.4. The zero-order valence-electron chi connectivity index (χ0n) is 12.8. The fraction of sp³-hybridized carbons (Fsp3) is 0.0714. The van der Waals surface area contributed by atoms with Gasteiger partial charge >= 0.3 is 0 Å². The molecule has 1 unspecified atom stereocenters. The third-order valence-corrected chi connectivity index (χ3v) is 4.25. The van der Waals surface area contributed by atoms with E-state index in [0.717, 1.165) is 6.08 Å². The number of aromatic nitrogens is 3. The van der Waals surface area contributed by atoms with Crippen molar-refractivity contribution in [3.05, 3.63) is 78.6 Å². The van der Waals surface area contributed by atoms with Crippen LogP contribution in [0.3, 0.4) is 0 Å². The molecule has 0 radical (unpaired) electrons. The Bertz CT molecular complexity index is 1180. The standard InChI is InChI=1S/C14H10N6O6/c15-6-1-2-9-7(3-6)8(5-16-9)12-10(18(21)22)4-11(19(23)24)13-14(12)20(25)26-17-13/h1-5,12,16-17H,15H2. The van der Waals surface area contributed by atoms with Crippen LogP contribution in [0.25, 0.3) is 10.9 Å². The monoisotopic (exact) mass is 358 g/mol. The predicted molar refractivity (Wildman–Crippen MR) is 87.2 cm³/mol. The summed E-state index contributed by atoms with van der Waals surface area (Å²) in [6.07, 6.45) is 2.32. The van der Waals surface area contributed by atoms with E-state index < -0.39 is 27.2 Å². The second-order valence-electron chi connectivity index (χ2n) is 5.66. The van der Waals surface area contributed by atoms with Gasteiger partial charge in [-0.3, -0.25) is 10.1 Å². The molecule has 0 aliphatic heterocycles. The summed E-state index contributed by atoms with van der Waals surface area (Å²) >= 11 is 0. The van der Waals surface area contributed by atoms with Gasteiger partial charge in [-0.25, -0.2) is 0 Å². The van der Waals surface area contributed by atoms with Crippen LogP contribution in [0.4, 0.5) is 5.69 Å². The number of nitro groups is 1. The highest BCUT2D eigenvalue weighted by Gasteiger charge is 2.48. The minimum atomic E-state index is -1.19. The van der Waals surface area contributed by atoms with Crippen LogP contribution in [-0.2, 0) is 0 Å². The van der Waals surface area contributed by atoms with Gasteiger partial charge in [0, 0.05) is 22.8 Å². The smallest absolute Gasteiger partial charge is 0.289 e.